The van der Waals surface area contributed by atoms with Gasteiger partial charge in [-0.1, -0.05) is 25.5 Å². The number of carbonyl (C=O) groups excluding carboxylic acids is 1. The molecule has 0 aliphatic heterocycles. The Bertz CT molecular complexity index is 671. The zero-order valence-corrected chi connectivity index (χ0v) is 15.3. The Kier molecular flexibility index (Phi) is 7.26. The molecule has 0 bridgehead atoms. The Morgan fingerprint density at radius 1 is 1.24 bits per heavy atom. The summed E-state index contributed by atoms with van der Waals surface area (Å²) >= 11 is 0. The summed E-state index contributed by atoms with van der Waals surface area (Å²) in [5, 5.41) is 3.29. The van der Waals surface area contributed by atoms with Crippen molar-refractivity contribution < 1.29 is 9.53 Å². The Morgan fingerprint density at radius 2 is 2.00 bits per heavy atom. The van der Waals surface area contributed by atoms with Crippen molar-refractivity contribution in [3.05, 3.63) is 53.7 Å². The van der Waals surface area contributed by atoms with Gasteiger partial charge in [0.05, 0.1) is 7.11 Å². The molecule has 2 rings (SSSR count). The summed E-state index contributed by atoms with van der Waals surface area (Å²) in [6.07, 6.45) is 4.64. The lowest BCUT2D eigenvalue weighted by Gasteiger charge is -2.17. The predicted molar refractivity (Wildman–Crippen MR) is 101 cm³/mol. The van der Waals surface area contributed by atoms with E-state index in [4.69, 9.17) is 4.74 Å². The normalized spacial score (nSPS) is 10.4. The number of amides is 1. The number of nitrogens with zero attached hydrogens (tertiary/aromatic N) is 2. The van der Waals surface area contributed by atoms with Gasteiger partial charge >= 0.3 is 0 Å². The fourth-order valence-corrected chi connectivity index (χ4v) is 2.50. The van der Waals surface area contributed by atoms with Gasteiger partial charge in [-0.25, -0.2) is 4.98 Å². The van der Waals surface area contributed by atoms with E-state index in [0.717, 1.165) is 43.9 Å². The van der Waals surface area contributed by atoms with Crippen molar-refractivity contribution >= 4 is 11.7 Å². The summed E-state index contributed by atoms with van der Waals surface area (Å²) in [5.74, 6) is 1.62. The molecule has 0 atom stereocenters. The van der Waals surface area contributed by atoms with E-state index in [1.807, 2.05) is 25.2 Å². The molecule has 1 aromatic carbocycles. The molecule has 2 aromatic rings. The molecule has 0 unspecified atom stereocenters. The second kappa shape index (κ2) is 9.67. The van der Waals surface area contributed by atoms with Crippen LogP contribution in [0.15, 0.2) is 42.6 Å². The molecular formula is C20H27N3O2. The molecule has 5 heteroatoms. The molecule has 1 amide bonds. The van der Waals surface area contributed by atoms with E-state index < -0.39 is 0 Å². The molecule has 0 saturated heterocycles. The van der Waals surface area contributed by atoms with Gasteiger partial charge in [-0.05, 0) is 42.7 Å². The van der Waals surface area contributed by atoms with E-state index in [0.29, 0.717) is 5.56 Å². The lowest BCUT2D eigenvalue weighted by molar-refractivity contribution is 0.0793. The lowest BCUT2D eigenvalue weighted by atomic mass is 10.1. The number of unbranched alkanes of at least 4 members (excludes halogenated alkanes) is 1. The molecule has 1 N–H and O–H groups in total. The molecule has 1 heterocycles. The SMILES string of the molecule is CCCCN(C)C(=O)c1ccnc(NCCc2ccc(OC)cc2)c1. The number of nitrogens with one attached hydrogen (secondary N) is 1. The number of aromatic nitrogens is 1. The van der Waals surface area contributed by atoms with Crippen molar-refractivity contribution in [1.82, 2.24) is 9.88 Å². The summed E-state index contributed by atoms with van der Waals surface area (Å²) in [4.78, 5) is 18.5. The molecule has 5 nitrogen and oxygen atoms in total. The Balaban J connectivity index is 1.88. The van der Waals surface area contributed by atoms with Crippen LogP contribution in [0.2, 0.25) is 0 Å². The molecule has 0 aliphatic carbocycles. The van der Waals surface area contributed by atoms with E-state index in [-0.39, 0.29) is 5.91 Å². The molecule has 0 aliphatic rings. The van der Waals surface area contributed by atoms with Gasteiger partial charge in [-0.2, -0.15) is 0 Å². The van der Waals surface area contributed by atoms with Crippen LogP contribution in [0.3, 0.4) is 0 Å². The predicted octanol–water partition coefficient (Wildman–Crippen LogP) is 3.62. The van der Waals surface area contributed by atoms with Gasteiger partial charge in [0, 0.05) is 31.9 Å². The van der Waals surface area contributed by atoms with Gasteiger partial charge in [-0.15, -0.1) is 0 Å². The van der Waals surface area contributed by atoms with Crippen molar-refractivity contribution in [1.29, 1.82) is 0 Å². The van der Waals surface area contributed by atoms with E-state index in [9.17, 15) is 4.79 Å². The van der Waals surface area contributed by atoms with Crippen molar-refractivity contribution in [2.75, 3.05) is 32.6 Å². The topological polar surface area (TPSA) is 54.5 Å². The van der Waals surface area contributed by atoms with Crippen LogP contribution in [0.25, 0.3) is 0 Å². The third-order valence-corrected chi connectivity index (χ3v) is 4.08. The van der Waals surface area contributed by atoms with E-state index >= 15 is 0 Å². The number of pyridine rings is 1. The molecule has 0 radical (unpaired) electrons. The zero-order chi connectivity index (χ0) is 18.1. The smallest absolute Gasteiger partial charge is 0.253 e. The first-order valence-corrected chi connectivity index (χ1v) is 8.72. The number of anilines is 1. The van der Waals surface area contributed by atoms with Gasteiger partial charge in [-0.3, -0.25) is 4.79 Å². The number of methoxy groups -OCH3 is 1. The molecule has 1 aromatic heterocycles. The number of ether oxygens (including phenoxy) is 1. The second-order valence-electron chi connectivity index (χ2n) is 6.03. The minimum Gasteiger partial charge on any atom is -0.497 e. The van der Waals surface area contributed by atoms with E-state index in [1.54, 1.807) is 24.3 Å². The van der Waals surface area contributed by atoms with Crippen LogP contribution in [0.5, 0.6) is 5.75 Å². The number of rotatable bonds is 9. The first-order valence-electron chi connectivity index (χ1n) is 8.72. The Hall–Kier alpha value is -2.56. The minimum atomic E-state index is 0.0362. The van der Waals surface area contributed by atoms with Gasteiger partial charge < -0.3 is 15.0 Å². The summed E-state index contributed by atoms with van der Waals surface area (Å²) in [6, 6.07) is 11.6. The van der Waals surface area contributed by atoms with Crippen molar-refractivity contribution in [2.24, 2.45) is 0 Å². The fourth-order valence-electron chi connectivity index (χ4n) is 2.50. The van der Waals surface area contributed by atoms with Gasteiger partial charge in [0.25, 0.3) is 5.91 Å². The number of hydrogen-bond donors (Lipinski definition) is 1. The number of hydrogen-bond acceptors (Lipinski definition) is 4. The summed E-state index contributed by atoms with van der Waals surface area (Å²) in [7, 11) is 3.51. The van der Waals surface area contributed by atoms with Crippen LogP contribution in [-0.4, -0.2) is 43.0 Å². The summed E-state index contributed by atoms with van der Waals surface area (Å²) in [6.45, 7) is 3.65. The van der Waals surface area contributed by atoms with Crippen molar-refractivity contribution in [2.45, 2.75) is 26.2 Å². The molecule has 0 spiro atoms. The maximum atomic E-state index is 12.4. The van der Waals surface area contributed by atoms with E-state index in [1.165, 1.54) is 5.56 Å². The van der Waals surface area contributed by atoms with Gasteiger partial charge in [0.2, 0.25) is 0 Å². The van der Waals surface area contributed by atoms with Crippen LogP contribution in [0.1, 0.15) is 35.7 Å². The van der Waals surface area contributed by atoms with Crippen LogP contribution < -0.4 is 10.1 Å². The van der Waals surface area contributed by atoms with Crippen LogP contribution in [0, 0.1) is 0 Å². The summed E-state index contributed by atoms with van der Waals surface area (Å²) < 4.78 is 5.16. The third kappa shape index (κ3) is 5.78. The van der Waals surface area contributed by atoms with Crippen LogP contribution in [0.4, 0.5) is 5.82 Å². The maximum absolute atomic E-state index is 12.4. The number of benzene rings is 1. The van der Waals surface area contributed by atoms with E-state index in [2.05, 4.69) is 29.4 Å². The minimum absolute atomic E-state index is 0.0362. The molecular weight excluding hydrogens is 314 g/mol. The highest BCUT2D eigenvalue weighted by Gasteiger charge is 2.11. The first kappa shape index (κ1) is 18.8. The average Bonchev–Trinajstić information content (AvgIpc) is 2.66. The third-order valence-electron chi connectivity index (χ3n) is 4.08. The van der Waals surface area contributed by atoms with Crippen molar-refractivity contribution in [3.63, 3.8) is 0 Å². The molecule has 134 valence electrons. The lowest BCUT2D eigenvalue weighted by Crippen LogP contribution is -2.27. The first-order chi connectivity index (χ1) is 12.1. The van der Waals surface area contributed by atoms with Gasteiger partial charge in [0.1, 0.15) is 11.6 Å². The zero-order valence-electron chi connectivity index (χ0n) is 15.3. The quantitative estimate of drug-likeness (QED) is 0.757. The highest BCUT2D eigenvalue weighted by molar-refractivity contribution is 5.94. The van der Waals surface area contributed by atoms with Crippen LogP contribution >= 0.6 is 0 Å². The number of carbonyl (C=O) groups is 1. The Labute approximate surface area is 150 Å². The standard InChI is InChI=1S/C20H27N3O2/c1-4-5-14-23(2)20(24)17-11-13-22-19(15-17)21-12-10-16-6-8-18(25-3)9-7-16/h6-9,11,13,15H,4-5,10,12,14H2,1-3H3,(H,21,22). The molecule has 25 heavy (non-hydrogen) atoms. The van der Waals surface area contributed by atoms with Crippen molar-refractivity contribution in [3.8, 4) is 5.75 Å². The second-order valence-corrected chi connectivity index (χ2v) is 6.03. The monoisotopic (exact) mass is 341 g/mol. The maximum Gasteiger partial charge on any atom is 0.253 e. The molecule has 0 saturated carbocycles. The largest absolute Gasteiger partial charge is 0.497 e. The highest BCUT2D eigenvalue weighted by atomic mass is 16.5. The Morgan fingerprint density at radius 3 is 2.68 bits per heavy atom. The molecule has 0 fully saturated rings. The fraction of sp³-hybridized carbons (Fsp3) is 0.400. The van der Waals surface area contributed by atoms with Gasteiger partial charge in [0.15, 0.2) is 0 Å². The van der Waals surface area contributed by atoms with Crippen LogP contribution in [-0.2, 0) is 6.42 Å². The highest BCUT2D eigenvalue weighted by Crippen LogP contribution is 2.13. The average molecular weight is 341 g/mol. The summed E-state index contributed by atoms with van der Waals surface area (Å²) in [5.41, 5.74) is 1.89.